The second-order valence-corrected chi connectivity index (χ2v) is 10.7. The fraction of sp³-hybridized carbons (Fsp3) is 1.00. The number of piperidine rings is 1. The van der Waals surface area contributed by atoms with E-state index in [4.69, 9.17) is 5.73 Å². The molecule has 2 heterocycles. The lowest BCUT2D eigenvalue weighted by molar-refractivity contribution is 0.245. The third-order valence-corrected chi connectivity index (χ3v) is 8.76. The Hall–Kier alpha value is 0.570. The van der Waals surface area contributed by atoms with E-state index in [2.05, 4.69) is 6.92 Å². The van der Waals surface area contributed by atoms with Crippen LogP contribution < -0.4 is 5.73 Å². The zero-order valence-electron chi connectivity index (χ0n) is 12.3. The molecule has 4 nitrogen and oxygen atoms in total. The first-order valence-corrected chi connectivity index (χ1v) is 11.3. The number of hydrogen-bond acceptors (Lipinski definition) is 5. The fourth-order valence-corrected chi connectivity index (χ4v) is 7.01. The largest absolute Gasteiger partial charge is 0.327 e. The van der Waals surface area contributed by atoms with Crippen molar-refractivity contribution in [2.24, 2.45) is 11.7 Å². The van der Waals surface area contributed by atoms with Crippen molar-refractivity contribution in [1.29, 1.82) is 0 Å². The Labute approximate surface area is 131 Å². The summed E-state index contributed by atoms with van der Waals surface area (Å²) in [6.07, 6.45) is 4.34. The van der Waals surface area contributed by atoms with Crippen molar-refractivity contribution >= 4 is 33.5 Å². The molecule has 2 aliphatic rings. The number of nitrogens with zero attached hydrogens (tertiary/aromatic N) is 1. The molecule has 0 spiro atoms. The zero-order chi connectivity index (χ0) is 14.8. The van der Waals surface area contributed by atoms with E-state index in [1.807, 2.05) is 23.5 Å². The molecule has 7 heteroatoms. The molecule has 0 saturated carbocycles. The molecule has 4 atom stereocenters. The molecule has 0 aromatic heterocycles. The zero-order valence-corrected chi connectivity index (χ0v) is 14.8. The number of nitrogens with two attached hydrogens (primary N) is 1. The SMILES string of the molecule is CC1SCCSC1C(N)CC1CCCN(S(C)(=O)=O)C1. The minimum Gasteiger partial charge on any atom is -0.327 e. The van der Waals surface area contributed by atoms with Crippen LogP contribution in [0.5, 0.6) is 0 Å². The summed E-state index contributed by atoms with van der Waals surface area (Å²) in [5, 5.41) is 1.13. The Morgan fingerprint density at radius 1 is 1.35 bits per heavy atom. The van der Waals surface area contributed by atoms with Crippen LogP contribution in [-0.2, 0) is 10.0 Å². The normalized spacial score (nSPS) is 34.9. The maximum absolute atomic E-state index is 11.7. The van der Waals surface area contributed by atoms with Gasteiger partial charge < -0.3 is 5.73 Å². The van der Waals surface area contributed by atoms with Gasteiger partial charge in [0.25, 0.3) is 0 Å². The Kier molecular flexibility index (Phi) is 6.11. The van der Waals surface area contributed by atoms with E-state index in [0.29, 0.717) is 29.5 Å². The van der Waals surface area contributed by atoms with Crippen molar-refractivity contribution in [2.45, 2.75) is 42.7 Å². The summed E-state index contributed by atoms with van der Waals surface area (Å²) in [5.41, 5.74) is 6.42. The van der Waals surface area contributed by atoms with Gasteiger partial charge in [-0.1, -0.05) is 6.92 Å². The predicted octanol–water partition coefficient (Wildman–Crippen LogP) is 1.61. The Morgan fingerprint density at radius 2 is 2.05 bits per heavy atom. The molecule has 0 aromatic carbocycles. The highest BCUT2D eigenvalue weighted by Gasteiger charge is 2.32. The van der Waals surface area contributed by atoms with Gasteiger partial charge >= 0.3 is 0 Å². The smallest absolute Gasteiger partial charge is 0.211 e. The monoisotopic (exact) mass is 338 g/mol. The number of sulfonamides is 1. The van der Waals surface area contributed by atoms with Gasteiger partial charge in [0.15, 0.2) is 0 Å². The minimum absolute atomic E-state index is 0.187. The Bertz CT molecular complexity index is 416. The Morgan fingerprint density at radius 3 is 2.70 bits per heavy atom. The van der Waals surface area contributed by atoms with Gasteiger partial charge in [-0.3, -0.25) is 0 Å². The molecule has 2 rings (SSSR count). The molecule has 2 aliphatic heterocycles. The lowest BCUT2D eigenvalue weighted by Gasteiger charge is -2.36. The first kappa shape index (κ1) is 16.9. The summed E-state index contributed by atoms with van der Waals surface area (Å²) >= 11 is 4.01. The van der Waals surface area contributed by atoms with Crippen LogP contribution in [0.1, 0.15) is 26.2 Å². The van der Waals surface area contributed by atoms with Crippen molar-refractivity contribution in [3.05, 3.63) is 0 Å². The third kappa shape index (κ3) is 4.53. The molecule has 0 amide bonds. The highest BCUT2D eigenvalue weighted by molar-refractivity contribution is 8.07. The second kappa shape index (κ2) is 7.22. The highest BCUT2D eigenvalue weighted by Crippen LogP contribution is 2.35. The van der Waals surface area contributed by atoms with Gasteiger partial charge in [0.1, 0.15) is 0 Å². The van der Waals surface area contributed by atoms with E-state index >= 15 is 0 Å². The topological polar surface area (TPSA) is 63.4 Å². The van der Waals surface area contributed by atoms with Crippen LogP contribution in [0.4, 0.5) is 0 Å². The molecule has 2 N–H and O–H groups in total. The third-order valence-electron chi connectivity index (χ3n) is 4.22. The first-order valence-electron chi connectivity index (χ1n) is 7.32. The first-order chi connectivity index (χ1) is 9.38. The van der Waals surface area contributed by atoms with Crippen LogP contribution in [0, 0.1) is 5.92 Å². The lowest BCUT2D eigenvalue weighted by Crippen LogP contribution is -2.45. The molecule has 2 saturated heterocycles. The molecular formula is C13H26N2O2S3. The van der Waals surface area contributed by atoms with E-state index < -0.39 is 10.0 Å². The molecule has 0 bridgehead atoms. The number of hydrogen-bond donors (Lipinski definition) is 1. The molecule has 4 unspecified atom stereocenters. The van der Waals surface area contributed by atoms with Crippen LogP contribution in [-0.4, -0.2) is 60.1 Å². The summed E-state index contributed by atoms with van der Waals surface area (Å²) in [7, 11) is -3.05. The van der Waals surface area contributed by atoms with Gasteiger partial charge in [-0.25, -0.2) is 12.7 Å². The van der Waals surface area contributed by atoms with Gasteiger partial charge in [0, 0.05) is 41.1 Å². The Balaban J connectivity index is 1.89. The maximum atomic E-state index is 11.7. The van der Waals surface area contributed by atoms with Crippen LogP contribution in [0.2, 0.25) is 0 Å². The molecule has 0 aromatic rings. The molecule has 0 radical (unpaired) electrons. The van der Waals surface area contributed by atoms with Gasteiger partial charge in [-0.2, -0.15) is 23.5 Å². The summed E-state index contributed by atoms with van der Waals surface area (Å²) in [4.78, 5) is 0. The molecular weight excluding hydrogens is 312 g/mol. The quantitative estimate of drug-likeness (QED) is 0.844. The van der Waals surface area contributed by atoms with Crippen molar-refractivity contribution in [3.63, 3.8) is 0 Å². The van der Waals surface area contributed by atoms with Crippen molar-refractivity contribution in [1.82, 2.24) is 4.31 Å². The van der Waals surface area contributed by atoms with E-state index in [0.717, 1.165) is 19.3 Å². The van der Waals surface area contributed by atoms with E-state index in [-0.39, 0.29) is 6.04 Å². The molecule has 0 aliphatic carbocycles. The molecule has 2 fully saturated rings. The van der Waals surface area contributed by atoms with Crippen molar-refractivity contribution < 1.29 is 8.42 Å². The second-order valence-electron chi connectivity index (χ2n) is 5.94. The summed E-state index contributed by atoms with van der Waals surface area (Å²) in [6.45, 7) is 3.60. The van der Waals surface area contributed by atoms with Crippen LogP contribution in [0.15, 0.2) is 0 Å². The van der Waals surface area contributed by atoms with Crippen molar-refractivity contribution in [2.75, 3.05) is 30.9 Å². The van der Waals surface area contributed by atoms with Crippen molar-refractivity contribution in [3.8, 4) is 0 Å². The molecule has 118 valence electrons. The van der Waals surface area contributed by atoms with Gasteiger partial charge in [0.2, 0.25) is 10.0 Å². The van der Waals surface area contributed by atoms with Crippen LogP contribution in [0.25, 0.3) is 0 Å². The van der Waals surface area contributed by atoms with Crippen LogP contribution >= 0.6 is 23.5 Å². The average Bonchev–Trinajstić information content (AvgIpc) is 2.38. The lowest BCUT2D eigenvalue weighted by atomic mass is 9.91. The summed E-state index contributed by atoms with van der Waals surface area (Å²) in [5.74, 6) is 2.83. The van der Waals surface area contributed by atoms with Gasteiger partial charge in [0.05, 0.1) is 6.26 Å². The average molecular weight is 339 g/mol. The standard InChI is InChI=1S/C13H26N2O2S3/c1-10-13(19-7-6-18-10)12(14)8-11-4-3-5-15(9-11)20(2,16)17/h10-13H,3-9,14H2,1-2H3. The van der Waals surface area contributed by atoms with E-state index in [1.54, 1.807) is 4.31 Å². The van der Waals surface area contributed by atoms with E-state index in [9.17, 15) is 8.42 Å². The number of thioether (sulfide) groups is 2. The fourth-order valence-electron chi connectivity index (χ4n) is 3.16. The summed E-state index contributed by atoms with van der Waals surface area (Å²) < 4.78 is 24.9. The summed E-state index contributed by atoms with van der Waals surface area (Å²) in [6, 6.07) is 0.187. The number of rotatable bonds is 4. The predicted molar refractivity (Wildman–Crippen MR) is 89.9 cm³/mol. The molecule has 20 heavy (non-hydrogen) atoms. The minimum atomic E-state index is -3.05. The maximum Gasteiger partial charge on any atom is 0.211 e. The van der Waals surface area contributed by atoms with E-state index in [1.165, 1.54) is 17.8 Å². The highest BCUT2D eigenvalue weighted by atomic mass is 32.2. The van der Waals surface area contributed by atoms with Gasteiger partial charge in [-0.05, 0) is 25.2 Å². The van der Waals surface area contributed by atoms with Crippen LogP contribution in [0.3, 0.4) is 0 Å². The van der Waals surface area contributed by atoms with Gasteiger partial charge in [-0.15, -0.1) is 0 Å².